The highest BCUT2D eigenvalue weighted by atomic mass is 16.6. The number of hydrogen-bond donors (Lipinski definition) is 2. The van der Waals surface area contributed by atoms with Crippen LogP contribution in [0.2, 0.25) is 0 Å². The maximum atomic E-state index is 10.3. The molecule has 0 amide bonds. The smallest absolute Gasteiger partial charge is 0.303 e. The largest absolute Gasteiger partial charge is 0.481 e. The van der Waals surface area contributed by atoms with Gasteiger partial charge in [0.05, 0.1) is 18.3 Å². The van der Waals surface area contributed by atoms with E-state index in [9.17, 15) is 9.90 Å². The fourth-order valence-corrected chi connectivity index (χ4v) is 2.33. The number of epoxide rings is 1. The molecule has 90 valence electrons. The van der Waals surface area contributed by atoms with Gasteiger partial charge in [-0.1, -0.05) is 12.2 Å². The van der Waals surface area contributed by atoms with Gasteiger partial charge in [0.15, 0.2) is 0 Å². The third-order valence-electron chi connectivity index (χ3n) is 3.29. The van der Waals surface area contributed by atoms with Gasteiger partial charge in [0.2, 0.25) is 0 Å². The fraction of sp³-hybridized carbons (Fsp3) is 0.750. The van der Waals surface area contributed by atoms with Crippen LogP contribution in [0.1, 0.15) is 32.1 Å². The summed E-state index contributed by atoms with van der Waals surface area (Å²) in [6, 6.07) is 0. The van der Waals surface area contributed by atoms with Crippen LogP contribution >= 0.6 is 0 Å². The van der Waals surface area contributed by atoms with Gasteiger partial charge in [-0.25, -0.2) is 0 Å². The van der Waals surface area contributed by atoms with Gasteiger partial charge in [0, 0.05) is 18.8 Å². The van der Waals surface area contributed by atoms with Crippen molar-refractivity contribution in [1.29, 1.82) is 0 Å². The van der Waals surface area contributed by atoms with E-state index in [0.29, 0.717) is 0 Å². The molecule has 0 aromatic rings. The molecule has 2 rings (SSSR count). The number of rotatable bonds is 6. The lowest BCUT2D eigenvalue weighted by molar-refractivity contribution is -0.137. The number of hydrogen-bond acceptors (Lipinski definition) is 3. The van der Waals surface area contributed by atoms with E-state index in [2.05, 4.69) is 0 Å². The topological polar surface area (TPSA) is 70.1 Å². The first-order valence-electron chi connectivity index (χ1n) is 5.90. The number of aliphatic hydroxyl groups is 1. The highest BCUT2D eigenvalue weighted by Gasteiger charge is 2.53. The Labute approximate surface area is 94.9 Å². The van der Waals surface area contributed by atoms with Crippen molar-refractivity contribution in [2.45, 2.75) is 50.4 Å². The van der Waals surface area contributed by atoms with E-state index in [-0.39, 0.29) is 30.7 Å². The SMILES string of the molecule is O=C(O)CCCCC=CC1C(O)CC2OC21. The molecule has 4 atom stereocenters. The molecular formula is C12H18O4. The molecule has 1 saturated heterocycles. The molecule has 1 heterocycles. The monoisotopic (exact) mass is 226 g/mol. The van der Waals surface area contributed by atoms with Crippen molar-refractivity contribution in [3.8, 4) is 0 Å². The lowest BCUT2D eigenvalue weighted by Gasteiger charge is -2.11. The summed E-state index contributed by atoms with van der Waals surface area (Å²) in [5, 5.41) is 18.1. The Bertz CT molecular complexity index is 285. The van der Waals surface area contributed by atoms with Gasteiger partial charge in [0.1, 0.15) is 0 Å². The molecule has 1 saturated carbocycles. The first kappa shape index (κ1) is 11.6. The maximum Gasteiger partial charge on any atom is 0.303 e. The molecular weight excluding hydrogens is 208 g/mol. The van der Waals surface area contributed by atoms with Crippen LogP contribution in [0.3, 0.4) is 0 Å². The molecule has 0 radical (unpaired) electrons. The van der Waals surface area contributed by atoms with Gasteiger partial charge < -0.3 is 14.9 Å². The van der Waals surface area contributed by atoms with Crippen LogP contribution in [0, 0.1) is 5.92 Å². The molecule has 16 heavy (non-hydrogen) atoms. The van der Waals surface area contributed by atoms with Crippen molar-refractivity contribution < 1.29 is 19.7 Å². The van der Waals surface area contributed by atoms with Crippen LogP contribution in [0.15, 0.2) is 12.2 Å². The molecule has 2 N–H and O–H groups in total. The molecule has 1 aliphatic heterocycles. The molecule has 0 aromatic heterocycles. The van der Waals surface area contributed by atoms with E-state index < -0.39 is 5.97 Å². The summed E-state index contributed by atoms with van der Waals surface area (Å²) in [5.41, 5.74) is 0. The Kier molecular flexibility index (Phi) is 3.61. The number of carboxylic acid groups (broad SMARTS) is 1. The average Bonchev–Trinajstić information content (AvgIpc) is 2.89. The number of allylic oxidation sites excluding steroid dienone is 1. The highest BCUT2D eigenvalue weighted by Crippen LogP contribution is 2.43. The number of carboxylic acids is 1. The molecule has 4 nitrogen and oxygen atoms in total. The minimum absolute atomic E-state index is 0.157. The molecule has 2 aliphatic rings. The van der Waals surface area contributed by atoms with E-state index in [1.165, 1.54) is 0 Å². The van der Waals surface area contributed by atoms with Crippen LogP contribution < -0.4 is 0 Å². The Hall–Kier alpha value is -0.870. The van der Waals surface area contributed by atoms with Gasteiger partial charge in [-0.15, -0.1) is 0 Å². The van der Waals surface area contributed by atoms with Crippen LogP contribution in [0.5, 0.6) is 0 Å². The average molecular weight is 226 g/mol. The summed E-state index contributed by atoms with van der Waals surface area (Å²) >= 11 is 0. The van der Waals surface area contributed by atoms with Gasteiger partial charge in [-0.3, -0.25) is 4.79 Å². The molecule has 2 fully saturated rings. The zero-order valence-corrected chi connectivity index (χ0v) is 9.21. The normalized spacial score (nSPS) is 36.6. The number of aliphatic carboxylic acids is 1. The lowest BCUT2D eigenvalue weighted by atomic mass is 10.0. The van der Waals surface area contributed by atoms with E-state index in [1.807, 2.05) is 12.2 Å². The number of ether oxygens (including phenoxy) is 1. The van der Waals surface area contributed by atoms with E-state index in [1.54, 1.807) is 0 Å². The second-order valence-electron chi connectivity index (χ2n) is 4.59. The van der Waals surface area contributed by atoms with Crippen LogP contribution in [0.4, 0.5) is 0 Å². The first-order valence-corrected chi connectivity index (χ1v) is 5.90. The summed E-state index contributed by atoms with van der Waals surface area (Å²) in [7, 11) is 0. The number of unbranched alkanes of at least 4 members (excludes halogenated alkanes) is 2. The van der Waals surface area contributed by atoms with E-state index in [4.69, 9.17) is 9.84 Å². The first-order chi connectivity index (χ1) is 7.68. The Morgan fingerprint density at radius 3 is 2.88 bits per heavy atom. The van der Waals surface area contributed by atoms with Crippen LogP contribution in [0.25, 0.3) is 0 Å². The Morgan fingerprint density at radius 2 is 2.25 bits per heavy atom. The van der Waals surface area contributed by atoms with Crippen molar-refractivity contribution in [2.75, 3.05) is 0 Å². The van der Waals surface area contributed by atoms with E-state index >= 15 is 0 Å². The van der Waals surface area contributed by atoms with Crippen molar-refractivity contribution in [1.82, 2.24) is 0 Å². The molecule has 4 heteroatoms. The summed E-state index contributed by atoms with van der Waals surface area (Å²) in [5.74, 6) is -0.575. The maximum absolute atomic E-state index is 10.3. The van der Waals surface area contributed by atoms with Crippen molar-refractivity contribution in [2.24, 2.45) is 5.92 Å². The predicted octanol–water partition coefficient (Wildman–Crippen LogP) is 1.34. The third-order valence-corrected chi connectivity index (χ3v) is 3.29. The highest BCUT2D eigenvalue weighted by molar-refractivity contribution is 5.66. The Balaban J connectivity index is 1.60. The molecule has 0 bridgehead atoms. The zero-order valence-electron chi connectivity index (χ0n) is 9.21. The summed E-state index contributed by atoms with van der Waals surface area (Å²) in [6.07, 6.45) is 7.85. The summed E-state index contributed by atoms with van der Waals surface area (Å²) in [6.45, 7) is 0. The minimum atomic E-state index is -0.732. The lowest BCUT2D eigenvalue weighted by Crippen LogP contribution is -2.17. The number of aliphatic hydroxyl groups excluding tert-OH is 1. The van der Waals surface area contributed by atoms with Gasteiger partial charge in [-0.05, 0) is 19.3 Å². The van der Waals surface area contributed by atoms with Crippen LogP contribution in [-0.2, 0) is 9.53 Å². The quantitative estimate of drug-likeness (QED) is 0.407. The third kappa shape index (κ3) is 2.83. The van der Waals surface area contributed by atoms with Crippen molar-refractivity contribution in [3.63, 3.8) is 0 Å². The standard InChI is InChI=1S/C12H18O4/c13-9-7-10-12(16-10)8(9)5-3-1-2-4-6-11(14)15/h3,5,8-10,12-13H,1-2,4,6-7H2,(H,14,15). The predicted molar refractivity (Wildman–Crippen MR) is 58.0 cm³/mol. The second-order valence-corrected chi connectivity index (χ2v) is 4.59. The van der Waals surface area contributed by atoms with Gasteiger partial charge in [-0.2, -0.15) is 0 Å². The van der Waals surface area contributed by atoms with Gasteiger partial charge >= 0.3 is 5.97 Å². The van der Waals surface area contributed by atoms with Crippen molar-refractivity contribution >= 4 is 5.97 Å². The van der Waals surface area contributed by atoms with E-state index in [0.717, 1.165) is 25.7 Å². The molecule has 1 aliphatic carbocycles. The zero-order chi connectivity index (χ0) is 11.5. The number of fused-ring (bicyclic) bond motifs is 1. The number of carbonyl (C=O) groups is 1. The minimum Gasteiger partial charge on any atom is -0.481 e. The van der Waals surface area contributed by atoms with Crippen molar-refractivity contribution in [3.05, 3.63) is 12.2 Å². The van der Waals surface area contributed by atoms with Gasteiger partial charge in [0.25, 0.3) is 0 Å². The molecule has 4 unspecified atom stereocenters. The fourth-order valence-electron chi connectivity index (χ4n) is 2.33. The molecule has 0 spiro atoms. The second kappa shape index (κ2) is 4.97. The summed E-state index contributed by atoms with van der Waals surface area (Å²) < 4.78 is 5.36. The molecule has 0 aromatic carbocycles. The van der Waals surface area contributed by atoms with Crippen LogP contribution in [-0.4, -0.2) is 34.5 Å². The summed E-state index contributed by atoms with van der Waals surface area (Å²) in [4.78, 5) is 10.3. The Morgan fingerprint density at radius 1 is 1.44 bits per heavy atom.